The quantitative estimate of drug-likeness (QED) is 0.824. The predicted molar refractivity (Wildman–Crippen MR) is 70.2 cm³/mol. The average Bonchev–Trinajstić information content (AvgIpc) is 2.71. The van der Waals surface area contributed by atoms with E-state index in [1.54, 1.807) is 11.8 Å². The molecule has 1 amide bonds. The lowest BCUT2D eigenvalue weighted by atomic mass is 10.2. The van der Waals surface area contributed by atoms with Crippen LogP contribution in [0.25, 0.3) is 0 Å². The number of ether oxygens (including phenoxy) is 1. The zero-order valence-electron chi connectivity index (χ0n) is 10.2. The van der Waals surface area contributed by atoms with Gasteiger partial charge in [0.2, 0.25) is 5.91 Å². The summed E-state index contributed by atoms with van der Waals surface area (Å²) in [5.41, 5.74) is 1.10. The molecule has 0 N–H and O–H groups in total. The van der Waals surface area contributed by atoms with E-state index < -0.39 is 0 Å². The molecule has 1 aliphatic rings. The highest BCUT2D eigenvalue weighted by atomic mass is 32.2. The minimum atomic E-state index is 0.107. The van der Waals surface area contributed by atoms with Crippen LogP contribution in [0.5, 0.6) is 5.75 Å². The molecule has 1 saturated heterocycles. The first-order chi connectivity index (χ1) is 8.27. The zero-order valence-corrected chi connectivity index (χ0v) is 11.0. The van der Waals surface area contributed by atoms with Crippen molar-refractivity contribution in [2.24, 2.45) is 0 Å². The second-order valence-corrected chi connectivity index (χ2v) is 4.88. The molecule has 1 unspecified atom stereocenters. The lowest BCUT2D eigenvalue weighted by Crippen LogP contribution is -2.27. The lowest BCUT2D eigenvalue weighted by Gasteiger charge is -2.24. The molecular formula is C13H17NO2S. The van der Waals surface area contributed by atoms with E-state index in [-0.39, 0.29) is 11.3 Å². The van der Waals surface area contributed by atoms with E-state index in [0.29, 0.717) is 12.4 Å². The molecule has 2 rings (SSSR count). The van der Waals surface area contributed by atoms with Crippen molar-refractivity contribution in [3.05, 3.63) is 29.8 Å². The van der Waals surface area contributed by atoms with Crippen molar-refractivity contribution in [2.75, 3.05) is 18.9 Å². The van der Waals surface area contributed by atoms with Gasteiger partial charge < -0.3 is 9.64 Å². The van der Waals surface area contributed by atoms with Gasteiger partial charge in [-0.15, -0.1) is 11.8 Å². The number of thioether (sulfide) groups is 1. The van der Waals surface area contributed by atoms with Crippen LogP contribution in [0.3, 0.4) is 0 Å². The van der Waals surface area contributed by atoms with Crippen LogP contribution < -0.4 is 4.74 Å². The van der Waals surface area contributed by atoms with Gasteiger partial charge in [0.1, 0.15) is 11.1 Å². The molecule has 0 bridgehead atoms. The van der Waals surface area contributed by atoms with Crippen molar-refractivity contribution >= 4 is 17.7 Å². The van der Waals surface area contributed by atoms with Crippen LogP contribution in [0.1, 0.15) is 24.8 Å². The number of carbonyl (C=O) groups is 1. The summed E-state index contributed by atoms with van der Waals surface area (Å²) < 4.78 is 5.63. The average molecular weight is 251 g/mol. The number of rotatable bonds is 4. The summed E-state index contributed by atoms with van der Waals surface area (Å²) in [7, 11) is 0. The summed E-state index contributed by atoms with van der Waals surface area (Å²) in [6.45, 7) is 5.38. The van der Waals surface area contributed by atoms with Gasteiger partial charge in [0.25, 0.3) is 0 Å². The molecule has 1 heterocycles. The molecule has 0 spiro atoms. The van der Waals surface area contributed by atoms with Crippen molar-refractivity contribution < 1.29 is 9.53 Å². The molecule has 1 aromatic rings. The second-order valence-electron chi connectivity index (χ2n) is 3.81. The summed E-state index contributed by atoms with van der Waals surface area (Å²) in [4.78, 5) is 13.6. The van der Waals surface area contributed by atoms with E-state index in [1.807, 2.05) is 43.0 Å². The van der Waals surface area contributed by atoms with E-state index in [1.165, 1.54) is 0 Å². The van der Waals surface area contributed by atoms with Crippen LogP contribution in [0.2, 0.25) is 0 Å². The standard InChI is InChI=1S/C13H17NO2S/c1-3-14-12(15)9-17-13(14)10-7-5-6-8-11(10)16-4-2/h5-8,13H,3-4,9H2,1-2H3. The number of carbonyl (C=O) groups excluding carboxylic acids is 1. The fraction of sp³-hybridized carbons (Fsp3) is 0.462. The molecule has 1 aromatic carbocycles. The Balaban J connectivity index is 2.30. The molecule has 1 atom stereocenters. The van der Waals surface area contributed by atoms with Gasteiger partial charge in [-0.3, -0.25) is 4.79 Å². The van der Waals surface area contributed by atoms with E-state index in [4.69, 9.17) is 4.74 Å². The molecule has 0 aliphatic carbocycles. The maximum Gasteiger partial charge on any atom is 0.233 e. The third-order valence-electron chi connectivity index (χ3n) is 2.79. The highest BCUT2D eigenvalue weighted by Gasteiger charge is 2.33. The van der Waals surface area contributed by atoms with Crippen molar-refractivity contribution in [3.8, 4) is 5.75 Å². The largest absolute Gasteiger partial charge is 0.493 e. The van der Waals surface area contributed by atoms with Gasteiger partial charge in [0.15, 0.2) is 0 Å². The van der Waals surface area contributed by atoms with Crippen LogP contribution in [0.15, 0.2) is 24.3 Å². The predicted octanol–water partition coefficient (Wildman–Crippen LogP) is 2.68. The zero-order chi connectivity index (χ0) is 12.3. The van der Waals surface area contributed by atoms with E-state index in [9.17, 15) is 4.79 Å². The van der Waals surface area contributed by atoms with Crippen molar-refractivity contribution in [1.82, 2.24) is 4.90 Å². The Morgan fingerprint density at radius 2 is 2.18 bits per heavy atom. The molecule has 92 valence electrons. The Kier molecular flexibility index (Phi) is 3.94. The first-order valence-corrected chi connectivity index (χ1v) is 6.95. The van der Waals surface area contributed by atoms with Crippen LogP contribution in [-0.4, -0.2) is 29.7 Å². The summed E-state index contributed by atoms with van der Waals surface area (Å²) in [5.74, 6) is 1.67. The van der Waals surface area contributed by atoms with E-state index >= 15 is 0 Å². The molecule has 1 fully saturated rings. The maximum atomic E-state index is 11.7. The van der Waals surface area contributed by atoms with Gasteiger partial charge in [-0.05, 0) is 19.9 Å². The Morgan fingerprint density at radius 1 is 1.41 bits per heavy atom. The van der Waals surface area contributed by atoms with E-state index in [0.717, 1.165) is 17.9 Å². The topological polar surface area (TPSA) is 29.5 Å². The van der Waals surface area contributed by atoms with Crippen molar-refractivity contribution in [2.45, 2.75) is 19.2 Å². The molecule has 17 heavy (non-hydrogen) atoms. The van der Waals surface area contributed by atoms with Crippen LogP contribution >= 0.6 is 11.8 Å². The van der Waals surface area contributed by atoms with Gasteiger partial charge in [0.05, 0.1) is 12.4 Å². The lowest BCUT2D eigenvalue weighted by molar-refractivity contribution is -0.127. The van der Waals surface area contributed by atoms with Gasteiger partial charge in [0, 0.05) is 12.1 Å². The molecule has 4 heteroatoms. The molecular weight excluding hydrogens is 234 g/mol. The summed E-state index contributed by atoms with van der Waals surface area (Å²) in [6.07, 6.45) is 0. The summed E-state index contributed by atoms with van der Waals surface area (Å²) in [6, 6.07) is 7.97. The van der Waals surface area contributed by atoms with E-state index in [2.05, 4.69) is 0 Å². The molecule has 0 radical (unpaired) electrons. The first kappa shape index (κ1) is 12.3. The highest BCUT2D eigenvalue weighted by Crippen LogP contribution is 2.41. The second kappa shape index (κ2) is 5.45. The van der Waals surface area contributed by atoms with Gasteiger partial charge in [-0.25, -0.2) is 0 Å². The van der Waals surface area contributed by atoms with Gasteiger partial charge >= 0.3 is 0 Å². The Hall–Kier alpha value is -1.16. The minimum absolute atomic E-state index is 0.107. The molecule has 3 nitrogen and oxygen atoms in total. The monoisotopic (exact) mass is 251 g/mol. The fourth-order valence-electron chi connectivity index (χ4n) is 2.03. The molecule has 0 aromatic heterocycles. The third kappa shape index (κ3) is 2.41. The Bertz CT molecular complexity index is 408. The summed E-state index contributed by atoms with van der Waals surface area (Å²) in [5, 5.41) is 0.107. The smallest absolute Gasteiger partial charge is 0.233 e. The Morgan fingerprint density at radius 3 is 2.88 bits per heavy atom. The normalized spacial score (nSPS) is 19.8. The van der Waals surface area contributed by atoms with Crippen molar-refractivity contribution in [3.63, 3.8) is 0 Å². The highest BCUT2D eigenvalue weighted by molar-refractivity contribution is 8.00. The molecule has 0 saturated carbocycles. The van der Waals surface area contributed by atoms with Crippen LogP contribution in [-0.2, 0) is 4.79 Å². The number of nitrogens with zero attached hydrogens (tertiary/aromatic N) is 1. The first-order valence-electron chi connectivity index (χ1n) is 5.90. The van der Waals surface area contributed by atoms with Crippen molar-refractivity contribution in [1.29, 1.82) is 0 Å². The van der Waals surface area contributed by atoms with Crippen LogP contribution in [0, 0.1) is 0 Å². The van der Waals surface area contributed by atoms with Crippen LogP contribution in [0.4, 0.5) is 0 Å². The number of para-hydroxylation sites is 1. The van der Waals surface area contributed by atoms with Gasteiger partial charge in [-0.1, -0.05) is 18.2 Å². The number of amides is 1. The SMILES string of the molecule is CCOc1ccccc1C1SCC(=O)N1CC. The number of hydrogen-bond donors (Lipinski definition) is 0. The third-order valence-corrected chi connectivity index (χ3v) is 4.03. The number of benzene rings is 1. The summed E-state index contributed by atoms with van der Waals surface area (Å²) >= 11 is 1.67. The molecule has 1 aliphatic heterocycles. The minimum Gasteiger partial charge on any atom is -0.493 e. The van der Waals surface area contributed by atoms with Gasteiger partial charge in [-0.2, -0.15) is 0 Å². The number of hydrogen-bond acceptors (Lipinski definition) is 3. The Labute approximate surface area is 106 Å². The fourth-order valence-corrected chi connectivity index (χ4v) is 3.31. The maximum absolute atomic E-state index is 11.7.